The van der Waals surface area contributed by atoms with Gasteiger partial charge < -0.3 is 29.6 Å². The molecule has 2 aromatic rings. The van der Waals surface area contributed by atoms with E-state index in [1.807, 2.05) is 0 Å². The number of hydrogen-bond acceptors (Lipinski definition) is 11. The summed E-state index contributed by atoms with van der Waals surface area (Å²) in [6, 6.07) is -1.02. The first kappa shape index (κ1) is 29.5. The van der Waals surface area contributed by atoms with Crippen molar-refractivity contribution in [2.24, 2.45) is 0 Å². The number of ether oxygens (including phenoxy) is 3. The van der Waals surface area contributed by atoms with E-state index in [1.54, 1.807) is 6.92 Å². The van der Waals surface area contributed by atoms with E-state index in [4.69, 9.17) is 24.5 Å². The molecule has 2 aromatic heterocycles. The van der Waals surface area contributed by atoms with Gasteiger partial charge in [0.15, 0.2) is 29.2 Å². The summed E-state index contributed by atoms with van der Waals surface area (Å²) in [6.07, 6.45) is 1.36. The number of nitrogen functional groups attached to an aromatic ring is 1. The number of nitrogens with one attached hydrogen (secondary N) is 1. The number of anilines is 1. The molecule has 16 heteroatoms. The van der Waals surface area contributed by atoms with E-state index in [9.17, 15) is 14.5 Å². The van der Waals surface area contributed by atoms with Gasteiger partial charge in [0, 0.05) is 6.66 Å². The molecule has 1 aliphatic heterocycles. The van der Waals surface area contributed by atoms with Gasteiger partial charge >= 0.3 is 5.97 Å². The molecular formula is C23H35F2N6O7P. The Morgan fingerprint density at radius 2 is 2.05 bits per heavy atom. The Morgan fingerprint density at radius 3 is 2.72 bits per heavy atom. The van der Waals surface area contributed by atoms with Gasteiger partial charge in [0.2, 0.25) is 11.8 Å². The summed E-state index contributed by atoms with van der Waals surface area (Å²) >= 11 is 0. The Balaban J connectivity index is 1.46. The predicted octanol–water partition coefficient (Wildman–Crippen LogP) is 2.78. The van der Waals surface area contributed by atoms with Crippen LogP contribution in [0.4, 0.5) is 14.7 Å². The van der Waals surface area contributed by atoms with Gasteiger partial charge in [-0.05, 0) is 46.5 Å². The van der Waals surface area contributed by atoms with Gasteiger partial charge in [0.1, 0.15) is 18.8 Å². The molecule has 218 valence electrons. The number of aromatic nitrogens is 4. The molecular weight excluding hydrogens is 541 g/mol. The predicted molar refractivity (Wildman–Crippen MR) is 135 cm³/mol. The number of alkyl halides is 2. The Kier molecular flexibility index (Phi) is 8.48. The van der Waals surface area contributed by atoms with E-state index in [2.05, 4.69) is 20.0 Å². The molecule has 0 bridgehead atoms. The maximum atomic E-state index is 15.9. The van der Waals surface area contributed by atoms with Crippen LogP contribution in [0.15, 0.2) is 6.33 Å². The Bertz CT molecular complexity index is 1240. The second-order valence-electron chi connectivity index (χ2n) is 10.1. The number of carbonyl (C=O) groups is 1. The highest BCUT2D eigenvalue weighted by molar-refractivity contribution is 7.56. The van der Waals surface area contributed by atoms with Crippen LogP contribution in [0.5, 0.6) is 5.88 Å². The number of rotatable bonds is 10. The van der Waals surface area contributed by atoms with Crippen LogP contribution in [-0.4, -0.2) is 80.2 Å². The second-order valence-corrected chi connectivity index (χ2v) is 12.3. The molecule has 1 saturated carbocycles. The molecule has 2 fully saturated rings. The average molecular weight is 577 g/mol. The van der Waals surface area contributed by atoms with E-state index < -0.39 is 50.0 Å². The number of fused-ring (bicyclic) bond motifs is 1. The van der Waals surface area contributed by atoms with Gasteiger partial charge in [-0.15, -0.1) is 0 Å². The minimum absolute atomic E-state index is 0.00896. The molecule has 1 aliphatic carbocycles. The zero-order chi connectivity index (χ0) is 28.6. The number of imidazole rings is 1. The molecule has 0 aromatic carbocycles. The van der Waals surface area contributed by atoms with E-state index in [0.29, 0.717) is 0 Å². The summed E-state index contributed by atoms with van der Waals surface area (Å²) in [6.45, 7) is 4.37. The number of halogens is 2. The maximum Gasteiger partial charge on any atom is 0.323 e. The number of nitrogens with two attached hydrogens (primary N) is 1. The largest absolute Gasteiger partial charge is 0.476 e. The van der Waals surface area contributed by atoms with Crippen LogP contribution < -0.4 is 15.6 Å². The second kappa shape index (κ2) is 11.2. The maximum absolute atomic E-state index is 15.9. The molecule has 2 aliphatic rings. The fraction of sp³-hybridized carbons (Fsp3) is 0.739. The van der Waals surface area contributed by atoms with E-state index in [0.717, 1.165) is 56.6 Å². The number of carbonyl (C=O) groups excluding carboxylic acids is 1. The Hall–Kier alpha value is -2.45. The van der Waals surface area contributed by atoms with Crippen LogP contribution in [0.25, 0.3) is 11.2 Å². The number of aliphatic hydroxyl groups is 1. The quantitative estimate of drug-likeness (QED) is 0.279. The number of aliphatic hydroxyl groups excluding tert-OH is 1. The monoisotopic (exact) mass is 576 g/mol. The summed E-state index contributed by atoms with van der Waals surface area (Å²) in [7, 11) is -3.84. The lowest BCUT2D eigenvalue weighted by Gasteiger charge is -2.28. The molecule has 0 amide bonds. The van der Waals surface area contributed by atoms with E-state index >= 15 is 8.78 Å². The van der Waals surface area contributed by atoms with Gasteiger partial charge in [-0.2, -0.15) is 9.97 Å². The van der Waals surface area contributed by atoms with Crippen molar-refractivity contribution in [2.75, 3.05) is 25.6 Å². The van der Waals surface area contributed by atoms with Crippen molar-refractivity contribution in [1.29, 1.82) is 0 Å². The van der Waals surface area contributed by atoms with Crippen molar-refractivity contribution < 1.29 is 42.0 Å². The van der Waals surface area contributed by atoms with Crippen molar-refractivity contribution in [1.82, 2.24) is 24.6 Å². The fourth-order valence-electron chi connectivity index (χ4n) is 4.78. The highest BCUT2D eigenvalue weighted by Gasteiger charge is 2.65. The minimum atomic E-state index is -3.84. The molecule has 0 spiro atoms. The lowest BCUT2D eigenvalue weighted by molar-refractivity contribution is -0.202. The van der Waals surface area contributed by atoms with Gasteiger partial charge in [-0.3, -0.25) is 13.9 Å². The molecule has 13 nitrogen and oxygen atoms in total. The zero-order valence-electron chi connectivity index (χ0n) is 22.3. The molecule has 4 N–H and O–H groups in total. The third kappa shape index (κ3) is 6.17. The summed E-state index contributed by atoms with van der Waals surface area (Å²) in [4.78, 5) is 24.5. The van der Waals surface area contributed by atoms with Crippen LogP contribution in [-0.2, 0) is 23.4 Å². The fourth-order valence-corrected chi connectivity index (χ4v) is 6.09. The van der Waals surface area contributed by atoms with Crippen molar-refractivity contribution in [2.45, 2.75) is 88.9 Å². The summed E-state index contributed by atoms with van der Waals surface area (Å²) in [5, 5.41) is 13.1. The summed E-state index contributed by atoms with van der Waals surface area (Å²) in [5.74, 6) is -3.89. The molecule has 1 saturated heterocycles. The Labute approximate surface area is 224 Å². The van der Waals surface area contributed by atoms with Crippen molar-refractivity contribution in [3.8, 4) is 5.88 Å². The molecule has 39 heavy (non-hydrogen) atoms. The zero-order valence-corrected chi connectivity index (χ0v) is 23.2. The highest BCUT2D eigenvalue weighted by atomic mass is 31.2. The summed E-state index contributed by atoms with van der Waals surface area (Å²) < 4.78 is 67.2. The lowest BCUT2D eigenvalue weighted by Crippen LogP contribution is -2.47. The Morgan fingerprint density at radius 1 is 1.36 bits per heavy atom. The van der Waals surface area contributed by atoms with Gasteiger partial charge in [0.25, 0.3) is 13.4 Å². The molecule has 3 heterocycles. The molecule has 0 unspecified atom stereocenters. The number of nitrogens with zero attached hydrogens (tertiary/aromatic N) is 4. The normalized spacial score (nSPS) is 30.2. The third-order valence-corrected chi connectivity index (χ3v) is 8.28. The molecule has 0 radical (unpaired) electrons. The summed E-state index contributed by atoms with van der Waals surface area (Å²) in [5.41, 5.74) is 3.16. The van der Waals surface area contributed by atoms with Crippen molar-refractivity contribution in [3.05, 3.63) is 6.33 Å². The topological polar surface area (TPSA) is 173 Å². The van der Waals surface area contributed by atoms with Crippen LogP contribution in [0.2, 0.25) is 0 Å². The molecule has 4 rings (SSSR count). The lowest BCUT2D eigenvalue weighted by atomic mass is 9.97. The van der Waals surface area contributed by atoms with Crippen LogP contribution in [0.3, 0.4) is 0 Å². The minimum Gasteiger partial charge on any atom is -0.476 e. The average Bonchev–Trinajstić information content (AvgIpc) is 3.36. The van der Waals surface area contributed by atoms with Gasteiger partial charge in [-0.25, -0.2) is 18.9 Å². The smallest absolute Gasteiger partial charge is 0.323 e. The number of hydrogen-bond donors (Lipinski definition) is 3. The van der Waals surface area contributed by atoms with Crippen molar-refractivity contribution >= 4 is 30.6 Å². The number of esters is 1. The van der Waals surface area contributed by atoms with Gasteiger partial charge in [-0.1, -0.05) is 6.42 Å². The van der Waals surface area contributed by atoms with E-state index in [-0.39, 0.29) is 35.7 Å². The van der Waals surface area contributed by atoms with Crippen LogP contribution in [0, 0.1) is 0 Å². The van der Waals surface area contributed by atoms with Gasteiger partial charge in [0.05, 0.1) is 12.9 Å². The SMILES string of the molecule is CCOc1nc(N)nc2c1ncn2[C@@H]1O[C@](F)(CO[P@](C)(=O)N[C@@H](C)C(=O)OC2CCCCC2)[C@@H](O)[C@@]1(C)F. The first-order chi connectivity index (χ1) is 18.3. The molecule has 6 atom stereocenters. The third-order valence-electron chi connectivity index (χ3n) is 6.80. The standard InChI is InChI=1S/C23H35F2N6O7P/c1-5-35-17-15-16(28-21(26)29-17)31(12-27-15)20-22(3,24)19(33)23(25,38-20)11-36-39(4,34)30-13(2)18(32)37-14-9-7-6-8-10-14/h12-14,19-20,33H,5-11H2,1-4H3,(H,30,34)(H2,26,28,29)/t13-,19-,20+,22+,23+,39-/m0/s1. The first-order valence-corrected chi connectivity index (χ1v) is 14.9. The van der Waals surface area contributed by atoms with Crippen molar-refractivity contribution in [3.63, 3.8) is 0 Å². The van der Waals surface area contributed by atoms with E-state index in [1.165, 1.54) is 6.92 Å². The van der Waals surface area contributed by atoms with Crippen LogP contribution >= 0.6 is 7.52 Å². The highest BCUT2D eigenvalue weighted by Crippen LogP contribution is 2.50. The van der Waals surface area contributed by atoms with Crippen LogP contribution in [0.1, 0.15) is 59.1 Å². The first-order valence-electron chi connectivity index (χ1n) is 12.8.